The minimum Gasteiger partial charge on any atom is -0.494 e. The van der Waals surface area contributed by atoms with E-state index in [9.17, 15) is 4.79 Å². The van der Waals surface area contributed by atoms with Gasteiger partial charge >= 0.3 is 0 Å². The van der Waals surface area contributed by atoms with E-state index in [4.69, 9.17) is 4.74 Å². The molecular formula is C25H31IN4O2. The molecule has 0 atom stereocenters. The van der Waals surface area contributed by atoms with Crippen LogP contribution in [0.1, 0.15) is 29.3 Å². The Hall–Kier alpha value is -2.81. The maximum absolute atomic E-state index is 11.8. The fraction of sp³-hybridized carbons (Fsp3) is 0.280. The maximum Gasteiger partial charge on any atom is 0.251 e. The Morgan fingerprint density at radius 1 is 0.969 bits per heavy atom. The first-order valence-corrected chi connectivity index (χ1v) is 10.6. The van der Waals surface area contributed by atoms with Gasteiger partial charge in [0, 0.05) is 25.7 Å². The Morgan fingerprint density at radius 2 is 1.78 bits per heavy atom. The standard InChI is InChI=1S/C25H30N4O2.HI/c1-3-27-25(29-18-19-8-6-11-22(16-19)24(30)26-2)28-14-7-15-31-23-13-12-20-9-4-5-10-21(20)17-23;/h4-6,8-13,16-17H,3,7,14-15,18H2,1-2H3,(H,26,30)(H2,27,28,29);1H. The predicted octanol–water partition coefficient (Wildman–Crippen LogP) is 4.34. The van der Waals surface area contributed by atoms with Crippen LogP contribution in [0.3, 0.4) is 0 Å². The van der Waals surface area contributed by atoms with E-state index in [1.807, 2.05) is 43.3 Å². The first kappa shape index (κ1) is 25.5. The van der Waals surface area contributed by atoms with E-state index >= 15 is 0 Å². The molecule has 0 aromatic heterocycles. The second-order valence-electron chi connectivity index (χ2n) is 7.11. The molecule has 3 aromatic carbocycles. The van der Waals surface area contributed by atoms with Crippen LogP contribution in [0, 0.1) is 0 Å². The summed E-state index contributed by atoms with van der Waals surface area (Å²) in [5, 5.41) is 11.6. The SMILES string of the molecule is CCNC(=NCc1cccc(C(=O)NC)c1)NCCCOc1ccc2ccccc2c1.I. The molecule has 0 aliphatic carbocycles. The van der Waals surface area contributed by atoms with Crippen molar-refractivity contribution < 1.29 is 9.53 Å². The van der Waals surface area contributed by atoms with Crippen molar-refractivity contribution in [3.63, 3.8) is 0 Å². The number of guanidine groups is 1. The third kappa shape index (κ3) is 7.71. The van der Waals surface area contributed by atoms with E-state index in [1.165, 1.54) is 10.8 Å². The third-order valence-corrected chi connectivity index (χ3v) is 4.78. The topological polar surface area (TPSA) is 74.8 Å². The monoisotopic (exact) mass is 546 g/mol. The van der Waals surface area contributed by atoms with Gasteiger partial charge in [0.15, 0.2) is 5.96 Å². The summed E-state index contributed by atoms with van der Waals surface area (Å²) in [7, 11) is 1.63. The van der Waals surface area contributed by atoms with Gasteiger partial charge in [-0.3, -0.25) is 4.79 Å². The zero-order chi connectivity index (χ0) is 21.9. The molecule has 0 aliphatic rings. The van der Waals surface area contributed by atoms with Crippen molar-refractivity contribution in [1.29, 1.82) is 0 Å². The Balaban J connectivity index is 0.00000363. The zero-order valence-electron chi connectivity index (χ0n) is 18.6. The van der Waals surface area contributed by atoms with Gasteiger partial charge in [-0.1, -0.05) is 42.5 Å². The van der Waals surface area contributed by atoms with E-state index in [1.54, 1.807) is 13.1 Å². The molecule has 32 heavy (non-hydrogen) atoms. The van der Waals surface area contributed by atoms with Crippen molar-refractivity contribution in [3.05, 3.63) is 77.9 Å². The lowest BCUT2D eigenvalue weighted by Gasteiger charge is -2.12. The molecule has 0 saturated heterocycles. The molecule has 0 heterocycles. The van der Waals surface area contributed by atoms with Crippen LogP contribution in [0.25, 0.3) is 10.8 Å². The fourth-order valence-electron chi connectivity index (χ4n) is 3.19. The van der Waals surface area contributed by atoms with Crippen molar-refractivity contribution in [2.24, 2.45) is 4.99 Å². The highest BCUT2D eigenvalue weighted by Crippen LogP contribution is 2.20. The minimum atomic E-state index is -0.0951. The molecule has 0 bridgehead atoms. The molecule has 170 valence electrons. The lowest BCUT2D eigenvalue weighted by molar-refractivity contribution is 0.0963. The van der Waals surface area contributed by atoms with Gasteiger partial charge in [-0.25, -0.2) is 4.99 Å². The second kappa shape index (κ2) is 13.6. The fourth-order valence-corrected chi connectivity index (χ4v) is 3.19. The first-order valence-electron chi connectivity index (χ1n) is 10.6. The van der Waals surface area contributed by atoms with Gasteiger partial charge in [-0.2, -0.15) is 0 Å². The number of rotatable bonds is 9. The van der Waals surface area contributed by atoms with Crippen LogP contribution < -0.4 is 20.7 Å². The van der Waals surface area contributed by atoms with Crippen LogP contribution in [0.4, 0.5) is 0 Å². The quantitative estimate of drug-likeness (QED) is 0.162. The van der Waals surface area contributed by atoms with Gasteiger partial charge in [-0.05, 0) is 53.9 Å². The zero-order valence-corrected chi connectivity index (χ0v) is 20.9. The number of carbonyl (C=O) groups is 1. The first-order chi connectivity index (χ1) is 15.2. The van der Waals surface area contributed by atoms with Gasteiger partial charge in [0.2, 0.25) is 0 Å². The van der Waals surface area contributed by atoms with Gasteiger partial charge in [0.25, 0.3) is 5.91 Å². The normalized spacial score (nSPS) is 10.9. The summed E-state index contributed by atoms with van der Waals surface area (Å²) in [4.78, 5) is 16.4. The molecule has 3 aromatic rings. The molecule has 0 fully saturated rings. The second-order valence-corrected chi connectivity index (χ2v) is 7.11. The number of amides is 1. The van der Waals surface area contributed by atoms with E-state index in [0.717, 1.165) is 36.8 Å². The maximum atomic E-state index is 11.8. The lowest BCUT2D eigenvalue weighted by Crippen LogP contribution is -2.38. The summed E-state index contributed by atoms with van der Waals surface area (Å²) >= 11 is 0. The summed E-state index contributed by atoms with van der Waals surface area (Å²) in [6.07, 6.45) is 0.851. The summed E-state index contributed by atoms with van der Waals surface area (Å²) < 4.78 is 5.89. The van der Waals surface area contributed by atoms with E-state index in [2.05, 4.69) is 45.2 Å². The van der Waals surface area contributed by atoms with Gasteiger partial charge in [0.1, 0.15) is 5.75 Å². The molecule has 6 nitrogen and oxygen atoms in total. The van der Waals surface area contributed by atoms with Gasteiger partial charge in [-0.15, -0.1) is 24.0 Å². The number of aliphatic imine (C=N–C) groups is 1. The van der Waals surface area contributed by atoms with Gasteiger partial charge < -0.3 is 20.7 Å². The molecule has 0 saturated carbocycles. The van der Waals surface area contributed by atoms with Gasteiger partial charge in [0.05, 0.1) is 13.2 Å². The van der Waals surface area contributed by atoms with Crippen molar-refractivity contribution in [2.45, 2.75) is 19.9 Å². The van der Waals surface area contributed by atoms with Crippen molar-refractivity contribution in [2.75, 3.05) is 26.7 Å². The largest absolute Gasteiger partial charge is 0.494 e. The summed E-state index contributed by atoms with van der Waals surface area (Å²) in [6.45, 7) is 4.67. The van der Waals surface area contributed by atoms with E-state index in [0.29, 0.717) is 18.7 Å². The number of carbonyl (C=O) groups excluding carboxylic acids is 1. The molecular weight excluding hydrogens is 515 g/mol. The van der Waals surface area contributed by atoms with Crippen molar-refractivity contribution in [1.82, 2.24) is 16.0 Å². The predicted molar refractivity (Wildman–Crippen MR) is 142 cm³/mol. The highest BCUT2D eigenvalue weighted by molar-refractivity contribution is 14.0. The Morgan fingerprint density at radius 3 is 2.56 bits per heavy atom. The summed E-state index contributed by atoms with van der Waals surface area (Å²) in [6, 6.07) is 21.9. The molecule has 1 amide bonds. The van der Waals surface area contributed by atoms with E-state index in [-0.39, 0.29) is 29.9 Å². The number of fused-ring (bicyclic) bond motifs is 1. The molecule has 0 aliphatic heterocycles. The molecule has 0 spiro atoms. The highest BCUT2D eigenvalue weighted by Gasteiger charge is 2.04. The van der Waals surface area contributed by atoms with E-state index < -0.39 is 0 Å². The average Bonchev–Trinajstić information content (AvgIpc) is 2.81. The van der Waals surface area contributed by atoms with Crippen LogP contribution >= 0.6 is 24.0 Å². The molecule has 0 radical (unpaired) electrons. The van der Waals surface area contributed by atoms with Crippen LogP contribution in [0.15, 0.2) is 71.7 Å². The van der Waals surface area contributed by atoms with Crippen LogP contribution in [-0.4, -0.2) is 38.6 Å². The third-order valence-electron chi connectivity index (χ3n) is 4.78. The number of halogens is 1. The molecule has 3 rings (SSSR count). The number of hydrogen-bond acceptors (Lipinski definition) is 3. The molecule has 3 N–H and O–H groups in total. The minimum absolute atomic E-state index is 0. The van der Waals surface area contributed by atoms with Crippen molar-refractivity contribution in [3.8, 4) is 5.75 Å². The Kier molecular flexibility index (Phi) is 10.8. The number of nitrogens with one attached hydrogen (secondary N) is 3. The van der Waals surface area contributed by atoms with Crippen LogP contribution in [-0.2, 0) is 6.54 Å². The molecule has 0 unspecified atom stereocenters. The van der Waals surface area contributed by atoms with Crippen LogP contribution in [0.2, 0.25) is 0 Å². The number of benzene rings is 3. The number of ether oxygens (including phenoxy) is 1. The van der Waals surface area contributed by atoms with Crippen molar-refractivity contribution >= 4 is 46.6 Å². The Labute approximate surface area is 206 Å². The Bertz CT molecular complexity index is 1040. The number of nitrogens with zero attached hydrogens (tertiary/aromatic N) is 1. The average molecular weight is 546 g/mol. The van der Waals surface area contributed by atoms with Crippen LogP contribution in [0.5, 0.6) is 5.75 Å². The molecule has 7 heteroatoms. The summed E-state index contributed by atoms with van der Waals surface area (Å²) in [5.74, 6) is 1.54. The highest BCUT2D eigenvalue weighted by atomic mass is 127. The lowest BCUT2D eigenvalue weighted by atomic mass is 10.1. The smallest absolute Gasteiger partial charge is 0.251 e. The number of hydrogen-bond donors (Lipinski definition) is 3. The summed E-state index contributed by atoms with van der Waals surface area (Å²) in [5.41, 5.74) is 1.62.